The normalized spacial score (nSPS) is 20.7. The van der Waals surface area contributed by atoms with Crippen LogP contribution in [-0.4, -0.2) is 13.2 Å². The third-order valence-electron chi connectivity index (χ3n) is 3.13. The summed E-state index contributed by atoms with van der Waals surface area (Å²) in [6.07, 6.45) is 2.33. The van der Waals surface area contributed by atoms with Crippen molar-refractivity contribution in [1.29, 1.82) is 0 Å². The highest BCUT2D eigenvalue weighted by atomic mass is 32.1. The van der Waals surface area contributed by atoms with Gasteiger partial charge in [-0.3, -0.25) is 0 Å². The summed E-state index contributed by atoms with van der Waals surface area (Å²) in [5.74, 6) is 0. The van der Waals surface area contributed by atoms with Crippen molar-refractivity contribution in [1.82, 2.24) is 0 Å². The Hall–Kier alpha value is -0.900. The summed E-state index contributed by atoms with van der Waals surface area (Å²) in [6.45, 7) is 1.41. The highest BCUT2D eigenvalue weighted by Crippen LogP contribution is 2.38. The summed E-state index contributed by atoms with van der Waals surface area (Å²) < 4.78 is 7.15. The van der Waals surface area contributed by atoms with E-state index in [-0.39, 0.29) is 6.10 Å². The van der Waals surface area contributed by atoms with Gasteiger partial charge < -0.3 is 10.5 Å². The molecule has 1 unspecified atom stereocenters. The average Bonchev–Trinajstić information content (AvgIpc) is 2.56. The van der Waals surface area contributed by atoms with Gasteiger partial charge in [-0.05, 0) is 29.9 Å². The molecule has 0 saturated heterocycles. The Kier molecular flexibility index (Phi) is 2.67. The van der Waals surface area contributed by atoms with Crippen molar-refractivity contribution < 1.29 is 4.74 Å². The van der Waals surface area contributed by atoms with Gasteiger partial charge in [-0.15, -0.1) is 11.3 Å². The summed E-state index contributed by atoms with van der Waals surface area (Å²) in [5.41, 5.74) is 7.26. The quantitative estimate of drug-likeness (QED) is 0.822. The molecule has 0 spiro atoms. The molecule has 2 heterocycles. The summed E-state index contributed by atoms with van der Waals surface area (Å²) in [5, 5.41) is 1.39. The van der Waals surface area contributed by atoms with Crippen LogP contribution in [0.15, 0.2) is 24.3 Å². The smallest absolute Gasteiger partial charge is 0.104 e. The molecule has 1 aliphatic rings. The summed E-state index contributed by atoms with van der Waals surface area (Å²) in [4.78, 5) is 1.35. The van der Waals surface area contributed by atoms with Crippen molar-refractivity contribution in [2.24, 2.45) is 5.73 Å². The number of aryl methyl sites for hydroxylation is 1. The fourth-order valence-corrected chi connectivity index (χ4v) is 3.68. The Balaban J connectivity index is 2.21. The molecule has 1 aliphatic heterocycles. The maximum Gasteiger partial charge on any atom is 0.104 e. The van der Waals surface area contributed by atoms with E-state index < -0.39 is 0 Å². The molecule has 2 nitrogen and oxygen atoms in total. The predicted octanol–water partition coefficient (Wildman–Crippen LogP) is 2.86. The van der Waals surface area contributed by atoms with E-state index in [1.807, 2.05) is 11.3 Å². The van der Waals surface area contributed by atoms with Gasteiger partial charge in [0.2, 0.25) is 0 Å². The third kappa shape index (κ3) is 1.56. The van der Waals surface area contributed by atoms with Crippen LogP contribution in [-0.2, 0) is 11.2 Å². The van der Waals surface area contributed by atoms with E-state index in [1.165, 1.54) is 20.5 Å². The number of thiophene rings is 1. The maximum absolute atomic E-state index is 5.79. The lowest BCUT2D eigenvalue weighted by atomic mass is 10.0. The molecule has 1 aromatic carbocycles. The highest BCUT2D eigenvalue weighted by molar-refractivity contribution is 7.19. The molecule has 2 aromatic rings. The Bertz CT molecular complexity index is 506. The number of benzene rings is 1. The van der Waals surface area contributed by atoms with Crippen LogP contribution in [0.25, 0.3) is 10.1 Å². The SMILES string of the molecule is NCC1OCCCc2c1sc1ccccc21. The van der Waals surface area contributed by atoms with Gasteiger partial charge in [0.15, 0.2) is 0 Å². The van der Waals surface area contributed by atoms with Crippen molar-refractivity contribution >= 4 is 21.4 Å². The van der Waals surface area contributed by atoms with Gasteiger partial charge in [0.25, 0.3) is 0 Å². The van der Waals surface area contributed by atoms with Crippen molar-refractivity contribution in [3.63, 3.8) is 0 Å². The number of rotatable bonds is 1. The molecule has 1 aromatic heterocycles. The van der Waals surface area contributed by atoms with Gasteiger partial charge in [0.05, 0.1) is 0 Å². The molecule has 84 valence electrons. The minimum Gasteiger partial charge on any atom is -0.371 e. The molecule has 0 radical (unpaired) electrons. The Morgan fingerprint density at radius 3 is 3.12 bits per heavy atom. The summed E-state index contributed by atoms with van der Waals surface area (Å²) >= 11 is 1.84. The van der Waals surface area contributed by atoms with Crippen molar-refractivity contribution in [2.75, 3.05) is 13.2 Å². The highest BCUT2D eigenvalue weighted by Gasteiger charge is 2.22. The molecule has 1 atom stereocenters. The van der Waals surface area contributed by atoms with Gasteiger partial charge in [-0.2, -0.15) is 0 Å². The Morgan fingerprint density at radius 1 is 1.38 bits per heavy atom. The topological polar surface area (TPSA) is 35.2 Å². The van der Waals surface area contributed by atoms with Gasteiger partial charge in [0.1, 0.15) is 6.10 Å². The van der Waals surface area contributed by atoms with E-state index in [9.17, 15) is 0 Å². The van der Waals surface area contributed by atoms with E-state index in [0.29, 0.717) is 6.54 Å². The second-order valence-corrected chi connectivity index (χ2v) is 5.22. The second-order valence-electron chi connectivity index (χ2n) is 4.14. The first-order chi connectivity index (χ1) is 7.90. The third-order valence-corrected chi connectivity index (χ3v) is 4.43. The maximum atomic E-state index is 5.79. The lowest BCUT2D eigenvalue weighted by molar-refractivity contribution is 0.0648. The van der Waals surface area contributed by atoms with Crippen LogP contribution in [0.1, 0.15) is 23.0 Å². The average molecular weight is 233 g/mol. The number of nitrogens with two attached hydrogens (primary N) is 1. The van der Waals surface area contributed by atoms with Crippen LogP contribution < -0.4 is 5.73 Å². The van der Waals surface area contributed by atoms with Crippen LogP contribution in [0.3, 0.4) is 0 Å². The van der Waals surface area contributed by atoms with E-state index in [4.69, 9.17) is 10.5 Å². The lowest BCUT2D eigenvalue weighted by Crippen LogP contribution is -2.14. The van der Waals surface area contributed by atoms with E-state index in [2.05, 4.69) is 24.3 Å². The fourth-order valence-electron chi connectivity index (χ4n) is 2.36. The fraction of sp³-hybridized carbons (Fsp3) is 0.385. The van der Waals surface area contributed by atoms with Crippen molar-refractivity contribution in [2.45, 2.75) is 18.9 Å². The minimum absolute atomic E-state index is 0.106. The molecule has 0 amide bonds. The zero-order valence-corrected chi connectivity index (χ0v) is 9.93. The standard InChI is InChI=1S/C13H15NOS/c14-8-11-13-10(5-3-7-15-11)9-4-1-2-6-12(9)16-13/h1-2,4,6,11H,3,5,7-8,14H2. The number of ether oxygens (including phenoxy) is 1. The molecule has 3 heteroatoms. The Morgan fingerprint density at radius 2 is 2.25 bits per heavy atom. The molecule has 0 bridgehead atoms. The van der Waals surface area contributed by atoms with Crippen LogP contribution in [0.4, 0.5) is 0 Å². The molecule has 16 heavy (non-hydrogen) atoms. The zero-order chi connectivity index (χ0) is 11.0. The summed E-state index contributed by atoms with van der Waals surface area (Å²) in [7, 11) is 0. The lowest BCUT2D eigenvalue weighted by Gasteiger charge is -2.12. The predicted molar refractivity (Wildman–Crippen MR) is 67.9 cm³/mol. The van der Waals surface area contributed by atoms with Crippen LogP contribution in [0.2, 0.25) is 0 Å². The van der Waals surface area contributed by atoms with Crippen molar-refractivity contribution in [3.8, 4) is 0 Å². The van der Waals surface area contributed by atoms with Gasteiger partial charge in [0, 0.05) is 22.7 Å². The Labute approximate surface area is 99.0 Å². The van der Waals surface area contributed by atoms with Gasteiger partial charge in [-0.25, -0.2) is 0 Å². The molecule has 0 aliphatic carbocycles. The van der Waals surface area contributed by atoms with Crippen LogP contribution in [0.5, 0.6) is 0 Å². The van der Waals surface area contributed by atoms with Gasteiger partial charge in [-0.1, -0.05) is 18.2 Å². The minimum atomic E-state index is 0.106. The number of hydrogen-bond donors (Lipinski definition) is 1. The largest absolute Gasteiger partial charge is 0.371 e. The number of hydrogen-bond acceptors (Lipinski definition) is 3. The monoisotopic (exact) mass is 233 g/mol. The first-order valence-corrected chi connectivity index (χ1v) is 6.54. The molecular formula is C13H15NOS. The van der Waals surface area contributed by atoms with Gasteiger partial charge >= 0.3 is 0 Å². The molecule has 0 fully saturated rings. The first-order valence-electron chi connectivity index (χ1n) is 5.72. The molecule has 2 N–H and O–H groups in total. The first kappa shape index (κ1) is 10.3. The zero-order valence-electron chi connectivity index (χ0n) is 9.11. The van der Waals surface area contributed by atoms with Crippen LogP contribution in [0, 0.1) is 0 Å². The van der Waals surface area contributed by atoms with E-state index in [1.54, 1.807) is 0 Å². The molecule has 3 rings (SSSR count). The second kappa shape index (κ2) is 4.17. The van der Waals surface area contributed by atoms with E-state index >= 15 is 0 Å². The number of fused-ring (bicyclic) bond motifs is 3. The molecule has 0 saturated carbocycles. The van der Waals surface area contributed by atoms with E-state index in [0.717, 1.165) is 19.4 Å². The van der Waals surface area contributed by atoms with Crippen molar-refractivity contribution in [3.05, 3.63) is 34.7 Å². The van der Waals surface area contributed by atoms with Crippen LogP contribution >= 0.6 is 11.3 Å². The summed E-state index contributed by atoms with van der Waals surface area (Å²) in [6, 6.07) is 8.60. The molecular weight excluding hydrogens is 218 g/mol.